The van der Waals surface area contributed by atoms with E-state index in [4.69, 9.17) is 15.2 Å². The number of ether oxygens (including phenoxy) is 2. The maximum atomic E-state index is 6.59. The molecule has 21 heavy (non-hydrogen) atoms. The van der Waals surface area contributed by atoms with Crippen LogP contribution in [0.25, 0.3) is 0 Å². The van der Waals surface area contributed by atoms with Crippen molar-refractivity contribution in [1.82, 2.24) is 4.98 Å². The number of hydrogen-bond acceptors (Lipinski definition) is 4. The summed E-state index contributed by atoms with van der Waals surface area (Å²) in [6, 6.07) is 4.16. The van der Waals surface area contributed by atoms with Crippen LogP contribution in [0.2, 0.25) is 0 Å². The molecule has 3 heterocycles. The van der Waals surface area contributed by atoms with Gasteiger partial charge < -0.3 is 15.2 Å². The number of pyridine rings is 1. The summed E-state index contributed by atoms with van der Waals surface area (Å²) in [5, 5.41) is 0. The van der Waals surface area contributed by atoms with Gasteiger partial charge in [-0.1, -0.05) is 13.0 Å². The Labute approximate surface area is 127 Å². The lowest BCUT2D eigenvalue weighted by Crippen LogP contribution is -2.46. The summed E-state index contributed by atoms with van der Waals surface area (Å²) in [6.07, 6.45) is 6.91. The Bertz CT molecular complexity index is 466. The summed E-state index contributed by atoms with van der Waals surface area (Å²) in [5.41, 5.74) is 8.94. The molecule has 1 spiro atoms. The van der Waals surface area contributed by atoms with Crippen molar-refractivity contribution >= 4 is 0 Å². The predicted octanol–water partition coefficient (Wildman–Crippen LogP) is 2.62. The van der Waals surface area contributed by atoms with Gasteiger partial charge in [0, 0.05) is 26.0 Å². The monoisotopic (exact) mass is 290 g/mol. The molecule has 3 rings (SSSR count). The van der Waals surface area contributed by atoms with Crippen molar-refractivity contribution in [2.45, 2.75) is 50.7 Å². The SMILES string of the molecule is CCc1cccnc1C(N)C1CCOC2(CCOCC2)C1. The van der Waals surface area contributed by atoms with Crippen LogP contribution in [0, 0.1) is 5.92 Å². The normalized spacial score (nSPS) is 26.7. The molecule has 4 heteroatoms. The van der Waals surface area contributed by atoms with E-state index in [9.17, 15) is 0 Å². The second kappa shape index (κ2) is 6.42. The molecule has 116 valence electrons. The maximum absolute atomic E-state index is 6.59. The van der Waals surface area contributed by atoms with Crippen molar-refractivity contribution in [3.8, 4) is 0 Å². The molecule has 2 unspecified atom stereocenters. The highest BCUT2D eigenvalue weighted by Gasteiger charge is 2.41. The zero-order chi connectivity index (χ0) is 14.7. The van der Waals surface area contributed by atoms with E-state index in [0.29, 0.717) is 5.92 Å². The van der Waals surface area contributed by atoms with E-state index in [2.05, 4.69) is 18.0 Å². The summed E-state index contributed by atoms with van der Waals surface area (Å²) in [4.78, 5) is 4.57. The highest BCUT2D eigenvalue weighted by atomic mass is 16.5. The molecule has 0 saturated carbocycles. The summed E-state index contributed by atoms with van der Waals surface area (Å²) < 4.78 is 11.6. The molecule has 0 amide bonds. The van der Waals surface area contributed by atoms with Crippen molar-refractivity contribution in [3.05, 3.63) is 29.6 Å². The highest BCUT2D eigenvalue weighted by Crippen LogP contribution is 2.41. The molecule has 0 radical (unpaired) electrons. The zero-order valence-electron chi connectivity index (χ0n) is 12.9. The van der Waals surface area contributed by atoms with Gasteiger partial charge in [0.05, 0.1) is 17.3 Å². The van der Waals surface area contributed by atoms with Crippen LogP contribution in [-0.4, -0.2) is 30.4 Å². The lowest BCUT2D eigenvalue weighted by molar-refractivity contribution is -0.149. The lowest BCUT2D eigenvalue weighted by atomic mass is 9.76. The van der Waals surface area contributed by atoms with Gasteiger partial charge in [0.1, 0.15) is 0 Å². The minimum absolute atomic E-state index is 0.0000546. The molecule has 2 N–H and O–H groups in total. The van der Waals surface area contributed by atoms with E-state index in [1.165, 1.54) is 5.56 Å². The molecular weight excluding hydrogens is 264 g/mol. The van der Waals surface area contributed by atoms with Crippen LogP contribution in [0.1, 0.15) is 49.9 Å². The van der Waals surface area contributed by atoms with Crippen molar-refractivity contribution in [1.29, 1.82) is 0 Å². The van der Waals surface area contributed by atoms with Gasteiger partial charge in [0.25, 0.3) is 0 Å². The fourth-order valence-electron chi connectivity index (χ4n) is 3.74. The third-order valence-electron chi connectivity index (χ3n) is 5.07. The zero-order valence-corrected chi connectivity index (χ0v) is 12.9. The summed E-state index contributed by atoms with van der Waals surface area (Å²) >= 11 is 0. The third-order valence-corrected chi connectivity index (χ3v) is 5.07. The first kappa shape index (κ1) is 14.9. The van der Waals surface area contributed by atoms with Crippen LogP contribution >= 0.6 is 0 Å². The largest absolute Gasteiger partial charge is 0.381 e. The van der Waals surface area contributed by atoms with Gasteiger partial charge in [-0.15, -0.1) is 0 Å². The van der Waals surface area contributed by atoms with E-state index < -0.39 is 0 Å². The molecule has 0 aliphatic carbocycles. The number of nitrogens with zero attached hydrogens (tertiary/aromatic N) is 1. The lowest BCUT2D eigenvalue weighted by Gasteiger charge is -2.44. The molecule has 2 saturated heterocycles. The number of nitrogens with two attached hydrogens (primary N) is 1. The average molecular weight is 290 g/mol. The smallest absolute Gasteiger partial charge is 0.0729 e. The van der Waals surface area contributed by atoms with Crippen molar-refractivity contribution < 1.29 is 9.47 Å². The average Bonchev–Trinajstić information content (AvgIpc) is 2.55. The summed E-state index contributed by atoms with van der Waals surface area (Å²) in [6.45, 7) is 4.60. The molecule has 0 bridgehead atoms. The topological polar surface area (TPSA) is 57.4 Å². The van der Waals surface area contributed by atoms with Crippen LogP contribution in [0.15, 0.2) is 18.3 Å². The molecule has 1 aromatic heterocycles. The molecule has 2 fully saturated rings. The Balaban J connectivity index is 1.76. The minimum atomic E-state index is -0.0000546. The van der Waals surface area contributed by atoms with Crippen LogP contribution in [0.4, 0.5) is 0 Å². The van der Waals surface area contributed by atoms with Gasteiger partial charge in [-0.3, -0.25) is 4.98 Å². The Morgan fingerprint density at radius 3 is 2.95 bits per heavy atom. The van der Waals surface area contributed by atoms with Gasteiger partial charge >= 0.3 is 0 Å². The molecule has 2 aliphatic heterocycles. The summed E-state index contributed by atoms with van der Waals surface area (Å²) in [7, 11) is 0. The standard InChI is InChI=1S/C17H26N2O2/c1-2-13-4-3-8-19-16(13)15(18)14-5-9-21-17(12-14)6-10-20-11-7-17/h3-4,8,14-15H,2,5-7,9-12,18H2,1H3. The van der Waals surface area contributed by atoms with Crippen molar-refractivity contribution in [2.75, 3.05) is 19.8 Å². The highest BCUT2D eigenvalue weighted by molar-refractivity contribution is 5.23. The van der Waals surface area contributed by atoms with Crippen molar-refractivity contribution in [2.24, 2.45) is 11.7 Å². The summed E-state index contributed by atoms with van der Waals surface area (Å²) in [5.74, 6) is 0.456. The number of aromatic nitrogens is 1. The van der Waals surface area contributed by atoms with E-state index in [-0.39, 0.29) is 11.6 Å². The molecule has 2 atom stereocenters. The first-order valence-corrected chi connectivity index (χ1v) is 8.15. The third kappa shape index (κ3) is 3.12. The van der Waals surface area contributed by atoms with Gasteiger partial charge in [0.15, 0.2) is 0 Å². The van der Waals surface area contributed by atoms with E-state index in [1.54, 1.807) is 0 Å². The first-order chi connectivity index (χ1) is 10.2. The Morgan fingerprint density at radius 1 is 1.38 bits per heavy atom. The van der Waals surface area contributed by atoms with E-state index in [0.717, 1.165) is 57.6 Å². The molecular formula is C17H26N2O2. The molecule has 4 nitrogen and oxygen atoms in total. The van der Waals surface area contributed by atoms with Crippen molar-refractivity contribution in [3.63, 3.8) is 0 Å². The van der Waals surface area contributed by atoms with Crippen LogP contribution in [0.5, 0.6) is 0 Å². The van der Waals surface area contributed by atoms with E-state index >= 15 is 0 Å². The Morgan fingerprint density at radius 2 is 2.19 bits per heavy atom. The van der Waals surface area contributed by atoms with E-state index in [1.807, 2.05) is 12.3 Å². The first-order valence-electron chi connectivity index (χ1n) is 8.15. The second-order valence-corrected chi connectivity index (χ2v) is 6.32. The number of aryl methyl sites for hydroxylation is 1. The molecule has 2 aliphatic rings. The molecule has 0 aromatic carbocycles. The number of hydrogen-bond donors (Lipinski definition) is 1. The second-order valence-electron chi connectivity index (χ2n) is 6.32. The predicted molar refractivity (Wildman–Crippen MR) is 82.0 cm³/mol. The number of rotatable bonds is 3. The van der Waals surface area contributed by atoms with Gasteiger partial charge in [-0.25, -0.2) is 0 Å². The van der Waals surface area contributed by atoms with Gasteiger partial charge in [0.2, 0.25) is 0 Å². The Kier molecular flexibility index (Phi) is 4.57. The van der Waals surface area contributed by atoms with Crippen LogP contribution in [0.3, 0.4) is 0 Å². The van der Waals surface area contributed by atoms with Gasteiger partial charge in [-0.05, 0) is 49.7 Å². The van der Waals surface area contributed by atoms with Crippen LogP contribution in [-0.2, 0) is 15.9 Å². The van der Waals surface area contributed by atoms with Crippen LogP contribution < -0.4 is 5.73 Å². The Hall–Kier alpha value is -0.970. The van der Waals surface area contributed by atoms with Gasteiger partial charge in [-0.2, -0.15) is 0 Å². The molecule has 1 aromatic rings. The fourth-order valence-corrected chi connectivity index (χ4v) is 3.74. The quantitative estimate of drug-likeness (QED) is 0.929. The fraction of sp³-hybridized carbons (Fsp3) is 0.706. The maximum Gasteiger partial charge on any atom is 0.0729 e. The minimum Gasteiger partial charge on any atom is -0.381 e.